The van der Waals surface area contributed by atoms with Crippen LogP contribution in [0.3, 0.4) is 0 Å². The van der Waals surface area contributed by atoms with Gasteiger partial charge in [-0.15, -0.1) is 0 Å². The van der Waals surface area contributed by atoms with Crippen LogP contribution in [0.4, 0.5) is 0 Å². The number of pyridine rings is 1. The van der Waals surface area contributed by atoms with E-state index in [1.165, 1.54) is 6.42 Å². The van der Waals surface area contributed by atoms with Crippen molar-refractivity contribution in [1.82, 2.24) is 15.1 Å². The smallest absolute Gasteiger partial charge is 0.234 e. The average Bonchev–Trinajstić information content (AvgIpc) is 2.96. The monoisotopic (exact) mass is 280 g/mol. The third-order valence-corrected chi connectivity index (χ3v) is 4.44. The molecule has 1 fully saturated rings. The van der Waals surface area contributed by atoms with Crippen LogP contribution in [0, 0.1) is 0 Å². The summed E-state index contributed by atoms with van der Waals surface area (Å²) in [6.07, 6.45) is 5.03. The van der Waals surface area contributed by atoms with Crippen molar-refractivity contribution in [1.29, 1.82) is 0 Å². The van der Waals surface area contributed by atoms with Crippen LogP contribution < -0.4 is 5.73 Å². The first-order valence-electron chi connectivity index (χ1n) is 7.20. The van der Waals surface area contributed by atoms with E-state index >= 15 is 0 Å². The van der Waals surface area contributed by atoms with E-state index in [-0.39, 0.29) is 5.41 Å². The molecule has 21 heavy (non-hydrogen) atoms. The molecule has 3 aromatic rings. The number of nitrogens with zero attached hydrogens (tertiary/aromatic N) is 3. The van der Waals surface area contributed by atoms with Gasteiger partial charge in [0, 0.05) is 23.7 Å². The first-order chi connectivity index (χ1) is 10.3. The molecule has 106 valence electrons. The van der Waals surface area contributed by atoms with Gasteiger partial charge in [0.25, 0.3) is 0 Å². The summed E-state index contributed by atoms with van der Waals surface area (Å²) in [5.74, 6) is 1.30. The third kappa shape index (κ3) is 1.93. The lowest BCUT2D eigenvalue weighted by molar-refractivity contribution is 0.182. The quantitative estimate of drug-likeness (QED) is 0.798. The van der Waals surface area contributed by atoms with Crippen LogP contribution in [0.5, 0.6) is 0 Å². The summed E-state index contributed by atoms with van der Waals surface area (Å²) in [6, 6.07) is 9.93. The van der Waals surface area contributed by atoms with Crippen molar-refractivity contribution in [3.8, 4) is 11.4 Å². The average molecular weight is 280 g/mol. The number of aromatic nitrogens is 3. The molecule has 2 N–H and O–H groups in total. The predicted molar refractivity (Wildman–Crippen MR) is 79.6 cm³/mol. The lowest BCUT2D eigenvalue weighted by atomic mass is 9.69. The lowest BCUT2D eigenvalue weighted by Crippen LogP contribution is -2.41. The summed E-state index contributed by atoms with van der Waals surface area (Å²) in [5.41, 5.74) is 7.70. The number of benzene rings is 1. The Labute approximate surface area is 122 Å². The van der Waals surface area contributed by atoms with E-state index in [1.807, 2.05) is 30.3 Å². The topological polar surface area (TPSA) is 77.8 Å². The molecular weight excluding hydrogens is 264 g/mol. The summed E-state index contributed by atoms with van der Waals surface area (Å²) in [5, 5.41) is 5.20. The molecule has 5 nitrogen and oxygen atoms in total. The first-order valence-corrected chi connectivity index (χ1v) is 7.20. The van der Waals surface area contributed by atoms with Crippen LogP contribution >= 0.6 is 0 Å². The zero-order valence-electron chi connectivity index (χ0n) is 11.6. The van der Waals surface area contributed by atoms with Crippen LogP contribution in [0.25, 0.3) is 22.3 Å². The second kappa shape index (κ2) is 4.63. The van der Waals surface area contributed by atoms with Crippen LogP contribution in [0.15, 0.2) is 41.1 Å². The first kappa shape index (κ1) is 12.5. The molecule has 4 rings (SSSR count). The van der Waals surface area contributed by atoms with E-state index in [2.05, 4.69) is 15.1 Å². The van der Waals surface area contributed by atoms with Crippen LogP contribution in [0.1, 0.15) is 25.2 Å². The molecule has 0 spiro atoms. The molecule has 1 aliphatic rings. The Morgan fingerprint density at radius 3 is 2.90 bits per heavy atom. The summed E-state index contributed by atoms with van der Waals surface area (Å²) >= 11 is 0. The summed E-state index contributed by atoms with van der Waals surface area (Å²) < 4.78 is 5.47. The van der Waals surface area contributed by atoms with Crippen molar-refractivity contribution in [3.05, 3.63) is 42.4 Å². The maximum atomic E-state index is 5.89. The molecule has 1 aromatic carbocycles. The van der Waals surface area contributed by atoms with E-state index in [1.54, 1.807) is 6.20 Å². The zero-order chi connectivity index (χ0) is 14.3. The van der Waals surface area contributed by atoms with Crippen molar-refractivity contribution in [2.24, 2.45) is 5.73 Å². The minimum atomic E-state index is -0.0936. The predicted octanol–water partition coefficient (Wildman–Crippen LogP) is 2.67. The number of hydrogen-bond acceptors (Lipinski definition) is 5. The number of rotatable bonds is 3. The molecule has 1 saturated carbocycles. The van der Waals surface area contributed by atoms with Gasteiger partial charge in [0.2, 0.25) is 11.7 Å². The Hall–Kier alpha value is -2.27. The summed E-state index contributed by atoms with van der Waals surface area (Å²) in [7, 11) is 0. The van der Waals surface area contributed by atoms with Crippen molar-refractivity contribution in [2.75, 3.05) is 6.54 Å². The van der Waals surface area contributed by atoms with Gasteiger partial charge in [-0.05, 0) is 37.1 Å². The molecule has 0 aliphatic heterocycles. The molecular formula is C16H16N4O. The highest BCUT2D eigenvalue weighted by Crippen LogP contribution is 2.42. The van der Waals surface area contributed by atoms with Gasteiger partial charge in [-0.1, -0.05) is 17.6 Å². The van der Waals surface area contributed by atoms with Crippen LogP contribution in [0.2, 0.25) is 0 Å². The second-order valence-electron chi connectivity index (χ2n) is 5.67. The Bertz CT molecular complexity index is 786. The van der Waals surface area contributed by atoms with Gasteiger partial charge in [-0.3, -0.25) is 4.98 Å². The van der Waals surface area contributed by atoms with Crippen LogP contribution in [-0.4, -0.2) is 21.7 Å². The van der Waals surface area contributed by atoms with E-state index in [4.69, 9.17) is 10.3 Å². The number of nitrogens with two attached hydrogens (primary N) is 1. The molecule has 2 aromatic heterocycles. The molecule has 2 heterocycles. The maximum absolute atomic E-state index is 5.89. The Morgan fingerprint density at radius 2 is 2.14 bits per heavy atom. The minimum Gasteiger partial charge on any atom is -0.338 e. The maximum Gasteiger partial charge on any atom is 0.234 e. The molecule has 0 saturated heterocycles. The van der Waals surface area contributed by atoms with E-state index < -0.39 is 0 Å². The SMILES string of the molecule is NCC1(c2nc(-c3ccc4ncccc4c3)no2)CCC1. The van der Waals surface area contributed by atoms with E-state index in [9.17, 15) is 0 Å². The second-order valence-corrected chi connectivity index (χ2v) is 5.67. The van der Waals surface area contributed by atoms with Crippen molar-refractivity contribution < 1.29 is 4.52 Å². The molecule has 5 heteroatoms. The Balaban J connectivity index is 1.74. The summed E-state index contributed by atoms with van der Waals surface area (Å²) in [6.45, 7) is 0.566. The van der Waals surface area contributed by atoms with Gasteiger partial charge >= 0.3 is 0 Å². The normalized spacial score (nSPS) is 16.8. The fraction of sp³-hybridized carbons (Fsp3) is 0.312. The van der Waals surface area contributed by atoms with Gasteiger partial charge in [0.1, 0.15) is 0 Å². The molecule has 0 bridgehead atoms. The van der Waals surface area contributed by atoms with Crippen molar-refractivity contribution in [3.63, 3.8) is 0 Å². The Morgan fingerprint density at radius 1 is 1.24 bits per heavy atom. The fourth-order valence-electron chi connectivity index (χ4n) is 2.88. The van der Waals surface area contributed by atoms with Gasteiger partial charge in [-0.2, -0.15) is 4.98 Å². The number of fused-ring (bicyclic) bond motifs is 1. The van der Waals surface area contributed by atoms with Crippen molar-refractivity contribution >= 4 is 10.9 Å². The molecule has 1 aliphatic carbocycles. The molecule has 0 amide bonds. The molecule has 0 atom stereocenters. The highest BCUT2D eigenvalue weighted by atomic mass is 16.5. The number of hydrogen-bond donors (Lipinski definition) is 1. The minimum absolute atomic E-state index is 0.0936. The van der Waals surface area contributed by atoms with Gasteiger partial charge < -0.3 is 10.3 Å². The Kier molecular flexibility index (Phi) is 2.75. The standard InChI is InChI=1S/C16H16N4O/c17-10-16(6-2-7-16)15-19-14(20-21-15)12-4-5-13-11(9-12)3-1-8-18-13/h1,3-5,8-9H,2,6-7,10,17H2. The zero-order valence-corrected chi connectivity index (χ0v) is 11.6. The van der Waals surface area contributed by atoms with E-state index in [0.717, 1.165) is 29.3 Å². The largest absolute Gasteiger partial charge is 0.338 e. The van der Waals surface area contributed by atoms with Gasteiger partial charge in [-0.25, -0.2) is 0 Å². The highest BCUT2D eigenvalue weighted by Gasteiger charge is 2.42. The van der Waals surface area contributed by atoms with E-state index in [0.29, 0.717) is 18.3 Å². The fourth-order valence-corrected chi connectivity index (χ4v) is 2.88. The van der Waals surface area contributed by atoms with Crippen molar-refractivity contribution in [2.45, 2.75) is 24.7 Å². The molecule has 0 unspecified atom stereocenters. The lowest BCUT2D eigenvalue weighted by Gasteiger charge is -2.36. The van der Waals surface area contributed by atoms with Crippen LogP contribution in [-0.2, 0) is 5.41 Å². The third-order valence-electron chi connectivity index (χ3n) is 4.44. The molecule has 0 radical (unpaired) electrons. The van der Waals surface area contributed by atoms with Gasteiger partial charge in [0.15, 0.2) is 0 Å². The highest BCUT2D eigenvalue weighted by molar-refractivity contribution is 5.82. The van der Waals surface area contributed by atoms with Gasteiger partial charge in [0.05, 0.1) is 10.9 Å². The summed E-state index contributed by atoms with van der Waals surface area (Å²) in [4.78, 5) is 8.89.